The van der Waals surface area contributed by atoms with Crippen molar-refractivity contribution in [3.05, 3.63) is 59.7 Å². The second kappa shape index (κ2) is 12.0. The molecule has 6 nitrogen and oxygen atoms in total. The summed E-state index contributed by atoms with van der Waals surface area (Å²) in [5.41, 5.74) is 2.56. The third-order valence-corrected chi connectivity index (χ3v) is 5.46. The lowest BCUT2D eigenvalue weighted by Crippen LogP contribution is -2.40. The van der Waals surface area contributed by atoms with E-state index in [1.165, 1.54) is 17.4 Å². The topological polar surface area (TPSA) is 71.0 Å². The van der Waals surface area contributed by atoms with Crippen molar-refractivity contribution in [1.29, 1.82) is 0 Å². The van der Waals surface area contributed by atoms with Gasteiger partial charge in [-0.2, -0.15) is 0 Å². The number of benzene rings is 2. The van der Waals surface area contributed by atoms with Crippen LogP contribution in [0.2, 0.25) is 0 Å². The molecule has 29 heavy (non-hydrogen) atoms. The molecule has 0 spiro atoms. The van der Waals surface area contributed by atoms with E-state index < -0.39 is 9.84 Å². The van der Waals surface area contributed by atoms with Crippen LogP contribution in [0.25, 0.3) is 0 Å². The molecule has 0 atom stereocenters. The number of nitrogens with one attached hydrogen (secondary N) is 1. The third kappa shape index (κ3) is 8.22. The van der Waals surface area contributed by atoms with Crippen molar-refractivity contribution in [2.75, 3.05) is 33.5 Å². The standard InChI is InChI=1S/C21H29N3O3S.HI/c1-5-17-6-8-18(9-7-17)16-24(3)21(22-2)23-14-15-27-19-10-12-20(13-11-19)28(4,25)26;/h6-13H,5,14-16H2,1-4H3,(H,22,23);1H. The summed E-state index contributed by atoms with van der Waals surface area (Å²) in [4.78, 5) is 6.65. The quantitative estimate of drug-likeness (QED) is 0.245. The minimum absolute atomic E-state index is 0. The number of hydrogen-bond acceptors (Lipinski definition) is 4. The van der Waals surface area contributed by atoms with Crippen LogP contribution >= 0.6 is 24.0 Å². The maximum atomic E-state index is 11.5. The first-order valence-corrected chi connectivity index (χ1v) is 11.1. The molecule has 0 unspecified atom stereocenters. The van der Waals surface area contributed by atoms with Gasteiger partial charge in [0.15, 0.2) is 15.8 Å². The molecule has 8 heteroatoms. The first-order valence-electron chi connectivity index (χ1n) is 9.26. The van der Waals surface area contributed by atoms with Gasteiger partial charge in [-0.1, -0.05) is 31.2 Å². The Bertz CT molecular complexity index is 882. The van der Waals surface area contributed by atoms with Crippen molar-refractivity contribution < 1.29 is 13.2 Å². The van der Waals surface area contributed by atoms with Crippen LogP contribution in [-0.2, 0) is 22.8 Å². The van der Waals surface area contributed by atoms with E-state index in [1.807, 2.05) is 7.05 Å². The number of nitrogens with zero attached hydrogens (tertiary/aromatic N) is 2. The molecule has 0 radical (unpaired) electrons. The lowest BCUT2D eigenvalue weighted by molar-refractivity contribution is 0.319. The highest BCUT2D eigenvalue weighted by Gasteiger charge is 2.08. The Morgan fingerprint density at radius 1 is 1.07 bits per heavy atom. The molecule has 1 N–H and O–H groups in total. The molecule has 0 bridgehead atoms. The molecule has 2 aromatic rings. The minimum Gasteiger partial charge on any atom is -0.492 e. The normalized spacial score (nSPS) is 11.5. The van der Waals surface area contributed by atoms with Gasteiger partial charge in [-0.3, -0.25) is 4.99 Å². The van der Waals surface area contributed by atoms with Crippen LogP contribution in [0.15, 0.2) is 58.4 Å². The zero-order valence-electron chi connectivity index (χ0n) is 17.4. The highest BCUT2D eigenvalue weighted by molar-refractivity contribution is 14.0. The van der Waals surface area contributed by atoms with Gasteiger partial charge in [-0.25, -0.2) is 8.42 Å². The van der Waals surface area contributed by atoms with Crippen LogP contribution < -0.4 is 10.1 Å². The van der Waals surface area contributed by atoms with E-state index in [2.05, 4.69) is 46.4 Å². The molecular weight excluding hydrogens is 501 g/mol. The summed E-state index contributed by atoms with van der Waals surface area (Å²) < 4.78 is 28.6. The van der Waals surface area contributed by atoms with Gasteiger partial charge in [0.25, 0.3) is 0 Å². The first kappa shape index (κ1) is 25.2. The molecule has 0 amide bonds. The molecule has 0 aliphatic heterocycles. The Hall–Kier alpha value is -1.81. The molecule has 0 saturated heterocycles. The highest BCUT2D eigenvalue weighted by atomic mass is 127. The molecule has 2 rings (SSSR count). The summed E-state index contributed by atoms with van der Waals surface area (Å²) in [6.45, 7) is 3.93. The Morgan fingerprint density at radius 2 is 1.66 bits per heavy atom. The summed E-state index contributed by atoms with van der Waals surface area (Å²) in [6.07, 6.45) is 2.23. The van der Waals surface area contributed by atoms with Gasteiger partial charge in [0.1, 0.15) is 12.4 Å². The number of sulfone groups is 1. The van der Waals surface area contributed by atoms with Gasteiger partial charge in [-0.05, 0) is 41.8 Å². The van der Waals surface area contributed by atoms with Crippen molar-refractivity contribution in [3.8, 4) is 5.75 Å². The Morgan fingerprint density at radius 3 is 2.17 bits per heavy atom. The maximum absolute atomic E-state index is 11.5. The predicted molar refractivity (Wildman–Crippen MR) is 129 cm³/mol. The molecule has 0 aromatic heterocycles. The molecule has 0 aliphatic carbocycles. The van der Waals surface area contributed by atoms with Crippen LogP contribution in [0.1, 0.15) is 18.1 Å². The van der Waals surface area contributed by atoms with Crippen molar-refractivity contribution in [3.63, 3.8) is 0 Å². The average Bonchev–Trinajstić information content (AvgIpc) is 2.68. The highest BCUT2D eigenvalue weighted by Crippen LogP contribution is 2.15. The van der Waals surface area contributed by atoms with Crippen molar-refractivity contribution in [2.45, 2.75) is 24.8 Å². The van der Waals surface area contributed by atoms with E-state index in [0.29, 0.717) is 18.9 Å². The van der Waals surface area contributed by atoms with Crippen LogP contribution in [-0.4, -0.2) is 52.8 Å². The zero-order chi connectivity index (χ0) is 20.6. The number of aryl methyl sites for hydroxylation is 1. The summed E-state index contributed by atoms with van der Waals surface area (Å²) in [5.74, 6) is 1.42. The van der Waals surface area contributed by atoms with Gasteiger partial charge in [0.2, 0.25) is 0 Å². The van der Waals surface area contributed by atoms with Crippen LogP contribution in [0, 0.1) is 0 Å². The second-order valence-corrected chi connectivity index (χ2v) is 8.61. The van der Waals surface area contributed by atoms with E-state index in [-0.39, 0.29) is 28.9 Å². The number of aliphatic imine (C=N–C) groups is 1. The Labute approximate surface area is 191 Å². The van der Waals surface area contributed by atoms with Gasteiger partial charge in [0.05, 0.1) is 11.4 Å². The largest absolute Gasteiger partial charge is 0.492 e. The van der Waals surface area contributed by atoms with Gasteiger partial charge in [0, 0.05) is 26.9 Å². The van der Waals surface area contributed by atoms with E-state index in [4.69, 9.17) is 4.74 Å². The van der Waals surface area contributed by atoms with Crippen LogP contribution in [0.3, 0.4) is 0 Å². The first-order chi connectivity index (χ1) is 13.3. The monoisotopic (exact) mass is 531 g/mol. The van der Waals surface area contributed by atoms with E-state index in [0.717, 1.165) is 18.9 Å². The smallest absolute Gasteiger partial charge is 0.193 e. The minimum atomic E-state index is -3.19. The summed E-state index contributed by atoms with van der Waals surface area (Å²) in [5, 5.41) is 3.27. The fraction of sp³-hybridized carbons (Fsp3) is 0.381. The molecule has 0 heterocycles. The fourth-order valence-electron chi connectivity index (χ4n) is 2.73. The van der Waals surface area contributed by atoms with E-state index >= 15 is 0 Å². The molecule has 0 saturated carbocycles. The average molecular weight is 531 g/mol. The molecule has 160 valence electrons. The predicted octanol–water partition coefficient (Wildman–Crippen LogP) is 3.36. The molecular formula is C21H30IN3O3S. The Balaban J connectivity index is 0.00000420. The Kier molecular flexibility index (Phi) is 10.5. The maximum Gasteiger partial charge on any atom is 0.193 e. The van der Waals surface area contributed by atoms with E-state index in [9.17, 15) is 8.42 Å². The lowest BCUT2D eigenvalue weighted by atomic mass is 10.1. The van der Waals surface area contributed by atoms with Crippen molar-refractivity contribution in [2.24, 2.45) is 4.99 Å². The number of guanidine groups is 1. The molecule has 0 aliphatic rings. The molecule has 2 aromatic carbocycles. The number of rotatable bonds is 8. The molecule has 0 fully saturated rings. The SMILES string of the molecule is CCc1ccc(CN(C)C(=NC)NCCOc2ccc(S(C)(=O)=O)cc2)cc1.I. The second-order valence-electron chi connectivity index (χ2n) is 6.59. The summed E-state index contributed by atoms with van der Waals surface area (Å²) in [7, 11) is 0.560. The van der Waals surface area contributed by atoms with Crippen molar-refractivity contribution in [1.82, 2.24) is 10.2 Å². The van der Waals surface area contributed by atoms with E-state index in [1.54, 1.807) is 31.3 Å². The third-order valence-electron chi connectivity index (χ3n) is 4.33. The van der Waals surface area contributed by atoms with Gasteiger partial charge < -0.3 is 15.0 Å². The van der Waals surface area contributed by atoms with Crippen LogP contribution in [0.4, 0.5) is 0 Å². The zero-order valence-corrected chi connectivity index (χ0v) is 20.5. The number of halogens is 1. The lowest BCUT2D eigenvalue weighted by Gasteiger charge is -2.22. The number of hydrogen-bond donors (Lipinski definition) is 1. The van der Waals surface area contributed by atoms with Crippen LogP contribution in [0.5, 0.6) is 5.75 Å². The number of ether oxygens (including phenoxy) is 1. The van der Waals surface area contributed by atoms with Crippen molar-refractivity contribution >= 4 is 39.8 Å². The van der Waals surface area contributed by atoms with Gasteiger partial charge in [-0.15, -0.1) is 24.0 Å². The fourth-order valence-corrected chi connectivity index (χ4v) is 3.36. The summed E-state index contributed by atoms with van der Waals surface area (Å²) >= 11 is 0. The van der Waals surface area contributed by atoms with Gasteiger partial charge >= 0.3 is 0 Å². The summed E-state index contributed by atoms with van der Waals surface area (Å²) in [6, 6.07) is 15.0.